The average Bonchev–Trinajstić information content (AvgIpc) is 3.36. The second-order valence-electron chi connectivity index (χ2n) is 7.11. The van der Waals surface area contributed by atoms with Gasteiger partial charge in [0.05, 0.1) is 5.69 Å². The van der Waals surface area contributed by atoms with Crippen LogP contribution in [-0.2, 0) is 11.3 Å². The van der Waals surface area contributed by atoms with Crippen molar-refractivity contribution in [2.24, 2.45) is 0 Å². The lowest BCUT2D eigenvalue weighted by atomic mass is 10.0. The van der Waals surface area contributed by atoms with Crippen molar-refractivity contribution in [2.75, 3.05) is 13.1 Å². The topological polar surface area (TPSA) is 49.6 Å². The van der Waals surface area contributed by atoms with Crippen LogP contribution in [0.1, 0.15) is 38.3 Å². The first-order valence-corrected chi connectivity index (χ1v) is 9.23. The highest BCUT2D eigenvalue weighted by molar-refractivity contribution is 5.74. The third kappa shape index (κ3) is 3.33. The standard InChI is InChI=1S/C20H25N3O2/c1-15(24)23-12-6-10-19(23)18-9-5-11-22(18)13-17-14-25-20(21-17)16-7-3-2-4-8-16/h2-4,7-8,14,18-19H,5-6,9-13H2,1H3. The van der Waals surface area contributed by atoms with Crippen molar-refractivity contribution in [2.45, 2.75) is 51.2 Å². The minimum absolute atomic E-state index is 0.210. The molecule has 0 aliphatic carbocycles. The van der Waals surface area contributed by atoms with Gasteiger partial charge in [0.25, 0.3) is 0 Å². The Hall–Kier alpha value is -2.14. The van der Waals surface area contributed by atoms with E-state index in [0.29, 0.717) is 18.0 Å². The molecule has 25 heavy (non-hydrogen) atoms. The van der Waals surface area contributed by atoms with Crippen LogP contribution in [-0.4, -0.2) is 45.9 Å². The zero-order valence-corrected chi connectivity index (χ0v) is 14.7. The second-order valence-corrected chi connectivity index (χ2v) is 7.11. The Kier molecular flexibility index (Phi) is 4.57. The number of hydrogen-bond acceptors (Lipinski definition) is 4. The number of nitrogens with zero attached hydrogens (tertiary/aromatic N) is 3. The fourth-order valence-electron chi connectivity index (χ4n) is 4.37. The van der Waals surface area contributed by atoms with E-state index in [1.54, 1.807) is 13.2 Å². The molecule has 2 aromatic rings. The fraction of sp³-hybridized carbons (Fsp3) is 0.500. The zero-order valence-electron chi connectivity index (χ0n) is 14.7. The number of hydrogen-bond donors (Lipinski definition) is 0. The van der Waals surface area contributed by atoms with Gasteiger partial charge >= 0.3 is 0 Å². The van der Waals surface area contributed by atoms with E-state index < -0.39 is 0 Å². The van der Waals surface area contributed by atoms with Gasteiger partial charge in [-0.3, -0.25) is 9.69 Å². The molecule has 2 aliphatic rings. The average molecular weight is 339 g/mol. The van der Waals surface area contributed by atoms with Crippen LogP contribution in [0.3, 0.4) is 0 Å². The van der Waals surface area contributed by atoms with E-state index in [4.69, 9.17) is 4.42 Å². The fourth-order valence-corrected chi connectivity index (χ4v) is 4.37. The van der Waals surface area contributed by atoms with Crippen LogP contribution < -0.4 is 0 Å². The van der Waals surface area contributed by atoms with Crippen LogP contribution in [0, 0.1) is 0 Å². The number of benzene rings is 1. The summed E-state index contributed by atoms with van der Waals surface area (Å²) in [6.07, 6.45) is 6.37. The molecule has 1 amide bonds. The van der Waals surface area contributed by atoms with Crippen LogP contribution in [0.4, 0.5) is 0 Å². The van der Waals surface area contributed by atoms with Gasteiger partial charge in [-0.2, -0.15) is 0 Å². The Morgan fingerprint density at radius 2 is 1.92 bits per heavy atom. The van der Waals surface area contributed by atoms with Crippen LogP contribution in [0.15, 0.2) is 41.0 Å². The molecule has 2 atom stereocenters. The predicted octanol–water partition coefficient (Wildman–Crippen LogP) is 3.32. The first-order chi connectivity index (χ1) is 12.2. The third-order valence-electron chi connectivity index (χ3n) is 5.50. The Morgan fingerprint density at radius 1 is 1.16 bits per heavy atom. The summed E-state index contributed by atoms with van der Waals surface area (Å²) in [4.78, 5) is 21.1. The molecular formula is C20H25N3O2. The number of carbonyl (C=O) groups is 1. The zero-order chi connectivity index (χ0) is 17.2. The van der Waals surface area contributed by atoms with E-state index in [1.807, 2.05) is 30.3 Å². The van der Waals surface area contributed by atoms with Crippen molar-refractivity contribution >= 4 is 5.91 Å². The van der Waals surface area contributed by atoms with E-state index in [0.717, 1.165) is 50.2 Å². The van der Waals surface area contributed by atoms with Crippen molar-refractivity contribution in [3.05, 3.63) is 42.3 Å². The maximum Gasteiger partial charge on any atom is 0.226 e. The number of carbonyl (C=O) groups excluding carboxylic acids is 1. The lowest BCUT2D eigenvalue weighted by Crippen LogP contribution is -2.47. The van der Waals surface area contributed by atoms with Gasteiger partial charge in [-0.25, -0.2) is 4.98 Å². The SMILES string of the molecule is CC(=O)N1CCCC1C1CCCN1Cc1coc(-c2ccccc2)n1. The summed E-state index contributed by atoms with van der Waals surface area (Å²) in [7, 11) is 0. The van der Waals surface area contributed by atoms with Gasteiger partial charge in [-0.1, -0.05) is 18.2 Å². The van der Waals surface area contributed by atoms with Gasteiger partial charge < -0.3 is 9.32 Å². The highest BCUT2D eigenvalue weighted by Crippen LogP contribution is 2.31. The van der Waals surface area contributed by atoms with Crippen LogP contribution in [0.25, 0.3) is 11.5 Å². The van der Waals surface area contributed by atoms with Crippen molar-refractivity contribution in [3.8, 4) is 11.5 Å². The Morgan fingerprint density at radius 3 is 2.72 bits per heavy atom. The van der Waals surface area contributed by atoms with E-state index in [9.17, 15) is 4.79 Å². The van der Waals surface area contributed by atoms with E-state index >= 15 is 0 Å². The molecule has 2 saturated heterocycles. The molecule has 1 aromatic carbocycles. The normalized spacial score (nSPS) is 24.1. The molecule has 0 bridgehead atoms. The molecule has 0 N–H and O–H groups in total. The molecule has 2 aliphatic heterocycles. The second kappa shape index (κ2) is 7.00. The lowest BCUT2D eigenvalue weighted by molar-refractivity contribution is -0.130. The smallest absolute Gasteiger partial charge is 0.226 e. The Labute approximate surface area is 148 Å². The number of aromatic nitrogens is 1. The molecule has 0 spiro atoms. The molecule has 0 saturated carbocycles. The Balaban J connectivity index is 1.47. The van der Waals surface area contributed by atoms with Gasteiger partial charge in [0.1, 0.15) is 6.26 Å². The van der Waals surface area contributed by atoms with Crippen LogP contribution in [0.2, 0.25) is 0 Å². The van der Waals surface area contributed by atoms with Crippen molar-refractivity contribution in [3.63, 3.8) is 0 Å². The molecule has 5 heteroatoms. The van der Waals surface area contributed by atoms with Gasteiger partial charge in [0, 0.05) is 37.7 Å². The van der Waals surface area contributed by atoms with Gasteiger partial charge in [0.2, 0.25) is 11.8 Å². The van der Waals surface area contributed by atoms with Crippen molar-refractivity contribution in [1.82, 2.24) is 14.8 Å². The van der Waals surface area contributed by atoms with Gasteiger partial charge in [-0.05, 0) is 44.4 Å². The summed E-state index contributed by atoms with van der Waals surface area (Å²) in [5.41, 5.74) is 1.98. The predicted molar refractivity (Wildman–Crippen MR) is 95.8 cm³/mol. The Bertz CT molecular complexity index is 728. The summed E-state index contributed by atoms with van der Waals surface area (Å²) in [6.45, 7) is 4.47. The largest absolute Gasteiger partial charge is 0.444 e. The van der Waals surface area contributed by atoms with Gasteiger partial charge in [-0.15, -0.1) is 0 Å². The van der Waals surface area contributed by atoms with Crippen molar-refractivity contribution in [1.29, 1.82) is 0 Å². The molecule has 1 aromatic heterocycles. The lowest BCUT2D eigenvalue weighted by Gasteiger charge is -2.34. The first kappa shape index (κ1) is 16.3. The third-order valence-corrected chi connectivity index (χ3v) is 5.50. The summed E-state index contributed by atoms with van der Waals surface area (Å²) < 4.78 is 5.68. The molecule has 2 fully saturated rings. The molecule has 132 valence electrons. The summed E-state index contributed by atoms with van der Waals surface area (Å²) >= 11 is 0. The molecule has 0 radical (unpaired) electrons. The number of oxazole rings is 1. The van der Waals surface area contributed by atoms with Crippen LogP contribution >= 0.6 is 0 Å². The molecule has 2 unspecified atom stereocenters. The minimum atomic E-state index is 0.210. The highest BCUT2D eigenvalue weighted by Gasteiger charge is 2.38. The van der Waals surface area contributed by atoms with Gasteiger partial charge in [0.15, 0.2) is 0 Å². The first-order valence-electron chi connectivity index (χ1n) is 9.23. The number of rotatable bonds is 4. The molecular weight excluding hydrogens is 314 g/mol. The maximum atomic E-state index is 11.9. The van der Waals surface area contributed by atoms with E-state index in [2.05, 4.69) is 14.8 Å². The maximum absolute atomic E-state index is 11.9. The summed E-state index contributed by atoms with van der Waals surface area (Å²) in [6, 6.07) is 10.8. The highest BCUT2D eigenvalue weighted by atomic mass is 16.3. The number of likely N-dealkylation sites (tertiary alicyclic amines) is 2. The van der Waals surface area contributed by atoms with E-state index in [-0.39, 0.29) is 5.91 Å². The monoisotopic (exact) mass is 339 g/mol. The minimum Gasteiger partial charge on any atom is -0.444 e. The van der Waals surface area contributed by atoms with Crippen LogP contribution in [0.5, 0.6) is 0 Å². The van der Waals surface area contributed by atoms with E-state index in [1.165, 1.54) is 6.42 Å². The molecule has 4 rings (SSSR count). The molecule has 5 nitrogen and oxygen atoms in total. The van der Waals surface area contributed by atoms with Crippen molar-refractivity contribution < 1.29 is 9.21 Å². The molecule has 3 heterocycles. The quantitative estimate of drug-likeness (QED) is 0.857. The summed E-state index contributed by atoms with van der Waals surface area (Å²) in [5.74, 6) is 0.889. The summed E-state index contributed by atoms with van der Waals surface area (Å²) in [5, 5.41) is 0. The number of amides is 1.